The summed E-state index contributed by atoms with van der Waals surface area (Å²) in [5, 5.41) is 9.94. The van der Waals surface area contributed by atoms with E-state index in [4.69, 9.17) is 4.74 Å². The Hall–Kier alpha value is -1.73. The lowest BCUT2D eigenvalue weighted by atomic mass is 10.2. The molecule has 6 nitrogen and oxygen atoms in total. The van der Waals surface area contributed by atoms with Crippen molar-refractivity contribution in [2.75, 3.05) is 13.1 Å². The number of likely N-dealkylation sites (tertiary alicyclic amines) is 1. The molecule has 0 aliphatic carbocycles. The second-order valence-electron chi connectivity index (χ2n) is 4.77. The fraction of sp³-hybridized carbons (Fsp3) is 0.417. The van der Waals surface area contributed by atoms with Gasteiger partial charge in [-0.2, -0.15) is 0 Å². The molecule has 0 N–H and O–H groups in total. The minimum Gasteiger partial charge on any atom is -0.368 e. The Kier molecular flexibility index (Phi) is 2.42. The van der Waals surface area contributed by atoms with Crippen LogP contribution in [0, 0.1) is 0 Å². The highest BCUT2D eigenvalue weighted by molar-refractivity contribution is 7.12. The van der Waals surface area contributed by atoms with Crippen molar-refractivity contribution >= 4 is 17.2 Å². The van der Waals surface area contributed by atoms with Gasteiger partial charge in [0.2, 0.25) is 0 Å². The molecule has 19 heavy (non-hydrogen) atoms. The number of hydrogen-bond acceptors (Lipinski definition) is 5. The summed E-state index contributed by atoms with van der Waals surface area (Å²) in [4.78, 5) is 15.0. The number of hydrogen-bond donors (Lipinski definition) is 0. The molecule has 1 unspecified atom stereocenters. The van der Waals surface area contributed by atoms with Crippen LogP contribution in [0.25, 0.3) is 0 Å². The summed E-state index contributed by atoms with van der Waals surface area (Å²) >= 11 is 1.47. The predicted octanol–water partition coefficient (Wildman–Crippen LogP) is 0.935. The van der Waals surface area contributed by atoms with Gasteiger partial charge in [-0.25, -0.2) is 4.68 Å². The topological polar surface area (TPSA) is 60.3 Å². The summed E-state index contributed by atoms with van der Waals surface area (Å²) in [6.07, 6.45) is 1.75. The van der Waals surface area contributed by atoms with Gasteiger partial charge in [-0.15, -0.1) is 16.4 Å². The van der Waals surface area contributed by atoms with Gasteiger partial charge in [0, 0.05) is 13.1 Å². The van der Waals surface area contributed by atoms with Crippen molar-refractivity contribution in [3.8, 4) is 0 Å². The zero-order valence-electron chi connectivity index (χ0n) is 10.1. The summed E-state index contributed by atoms with van der Waals surface area (Å²) in [6.45, 7) is 1.79. The van der Waals surface area contributed by atoms with Crippen molar-refractivity contribution in [2.45, 2.75) is 18.8 Å². The lowest BCUT2D eigenvalue weighted by molar-refractivity contribution is -0.00487. The summed E-state index contributed by atoms with van der Waals surface area (Å²) < 4.78 is 7.69. The monoisotopic (exact) mass is 276 g/mol. The molecule has 1 saturated heterocycles. The predicted molar refractivity (Wildman–Crippen MR) is 67.9 cm³/mol. The Morgan fingerprint density at radius 3 is 3.26 bits per heavy atom. The fourth-order valence-electron chi connectivity index (χ4n) is 2.72. The molecule has 4 heterocycles. The molecule has 0 aromatic carbocycles. The van der Waals surface area contributed by atoms with Crippen molar-refractivity contribution < 1.29 is 9.53 Å². The number of aromatic nitrogens is 3. The number of nitrogens with zero attached hydrogens (tertiary/aromatic N) is 4. The van der Waals surface area contributed by atoms with E-state index < -0.39 is 0 Å². The number of amides is 1. The maximum absolute atomic E-state index is 12.3. The largest absolute Gasteiger partial charge is 0.368 e. The smallest absolute Gasteiger partial charge is 0.264 e. The maximum atomic E-state index is 12.3. The highest BCUT2D eigenvalue weighted by atomic mass is 32.1. The number of rotatable bonds is 1. The summed E-state index contributed by atoms with van der Waals surface area (Å²) in [7, 11) is 0. The van der Waals surface area contributed by atoms with Gasteiger partial charge in [-0.3, -0.25) is 4.79 Å². The molecule has 2 aliphatic heterocycles. The first-order valence-electron chi connectivity index (χ1n) is 6.16. The standard InChI is InChI=1S/C12H12N4O2S/c17-12(11-2-1-3-19-11)15-5-9-10(6-15)18-7-8-4-13-14-16(8)9/h1-4,9-10H,5-7H2/t9-,10?/m1/s1. The van der Waals surface area contributed by atoms with Crippen LogP contribution in [0.15, 0.2) is 23.7 Å². The second-order valence-corrected chi connectivity index (χ2v) is 5.72. The third kappa shape index (κ3) is 1.69. The molecular formula is C12H12N4O2S. The average Bonchev–Trinajstić information content (AvgIpc) is 3.15. The molecule has 0 saturated carbocycles. The first-order chi connectivity index (χ1) is 9.33. The Bertz CT molecular complexity index is 609. The van der Waals surface area contributed by atoms with E-state index in [1.807, 2.05) is 27.1 Å². The zero-order chi connectivity index (χ0) is 12.8. The molecule has 1 amide bonds. The highest BCUT2D eigenvalue weighted by Crippen LogP contribution is 2.31. The van der Waals surface area contributed by atoms with Crippen LogP contribution >= 0.6 is 11.3 Å². The van der Waals surface area contributed by atoms with Gasteiger partial charge in [-0.1, -0.05) is 11.3 Å². The quantitative estimate of drug-likeness (QED) is 0.777. The second kappa shape index (κ2) is 4.14. The molecule has 2 aromatic heterocycles. The van der Waals surface area contributed by atoms with Crippen molar-refractivity contribution in [2.24, 2.45) is 0 Å². The minimum absolute atomic E-state index is 0.0260. The molecule has 98 valence electrons. The van der Waals surface area contributed by atoms with Gasteiger partial charge in [0.15, 0.2) is 0 Å². The molecule has 0 bridgehead atoms. The maximum Gasteiger partial charge on any atom is 0.264 e. The van der Waals surface area contributed by atoms with E-state index in [9.17, 15) is 4.79 Å². The van der Waals surface area contributed by atoms with E-state index in [0.29, 0.717) is 19.7 Å². The molecule has 2 atom stereocenters. The van der Waals surface area contributed by atoms with Gasteiger partial charge < -0.3 is 9.64 Å². The Balaban J connectivity index is 1.59. The average molecular weight is 276 g/mol. The third-order valence-corrected chi connectivity index (χ3v) is 4.52. The summed E-state index contributed by atoms with van der Waals surface area (Å²) in [5.74, 6) is 0.0784. The van der Waals surface area contributed by atoms with Crippen LogP contribution in [-0.4, -0.2) is 45.0 Å². The van der Waals surface area contributed by atoms with Crippen LogP contribution in [-0.2, 0) is 11.3 Å². The molecule has 4 rings (SSSR count). The minimum atomic E-state index is 0.0260. The number of carbonyl (C=O) groups excluding carboxylic acids is 1. The van der Waals surface area contributed by atoms with Gasteiger partial charge in [0.25, 0.3) is 5.91 Å². The van der Waals surface area contributed by atoms with Crippen molar-refractivity contribution in [3.05, 3.63) is 34.3 Å². The van der Waals surface area contributed by atoms with E-state index in [0.717, 1.165) is 10.6 Å². The fourth-order valence-corrected chi connectivity index (χ4v) is 3.41. The molecule has 7 heteroatoms. The molecular weight excluding hydrogens is 264 g/mol. The first-order valence-corrected chi connectivity index (χ1v) is 7.04. The van der Waals surface area contributed by atoms with Crippen molar-refractivity contribution in [3.63, 3.8) is 0 Å². The molecule has 0 spiro atoms. The molecule has 0 radical (unpaired) electrons. The Morgan fingerprint density at radius 1 is 1.47 bits per heavy atom. The van der Waals surface area contributed by atoms with E-state index in [1.54, 1.807) is 6.20 Å². The van der Waals surface area contributed by atoms with E-state index >= 15 is 0 Å². The third-order valence-electron chi connectivity index (χ3n) is 3.66. The Labute approximate surface area is 113 Å². The van der Waals surface area contributed by atoms with E-state index in [2.05, 4.69) is 10.3 Å². The number of fused-ring (bicyclic) bond motifs is 3. The van der Waals surface area contributed by atoms with Gasteiger partial charge in [0.1, 0.15) is 0 Å². The molecule has 2 aromatic rings. The van der Waals surface area contributed by atoms with Crippen LogP contribution in [0.1, 0.15) is 21.4 Å². The number of thiophene rings is 1. The normalized spacial score (nSPS) is 25.2. The van der Waals surface area contributed by atoms with Crippen molar-refractivity contribution in [1.82, 2.24) is 19.9 Å². The van der Waals surface area contributed by atoms with Gasteiger partial charge in [0.05, 0.1) is 35.5 Å². The van der Waals surface area contributed by atoms with Crippen LogP contribution in [0.4, 0.5) is 0 Å². The van der Waals surface area contributed by atoms with E-state index in [-0.39, 0.29) is 18.1 Å². The van der Waals surface area contributed by atoms with Gasteiger partial charge >= 0.3 is 0 Å². The lowest BCUT2D eigenvalue weighted by Gasteiger charge is -2.25. The molecule has 1 fully saturated rings. The SMILES string of the molecule is O=C(c1cccs1)N1CC2OCc3cnnn3[C@@H]2C1. The number of carbonyl (C=O) groups is 1. The van der Waals surface area contributed by atoms with Crippen LogP contribution in [0.5, 0.6) is 0 Å². The Morgan fingerprint density at radius 2 is 2.42 bits per heavy atom. The lowest BCUT2D eigenvalue weighted by Crippen LogP contribution is -2.32. The van der Waals surface area contributed by atoms with Crippen LogP contribution in [0.3, 0.4) is 0 Å². The summed E-state index contributed by atoms with van der Waals surface area (Å²) in [5.41, 5.74) is 0.978. The zero-order valence-corrected chi connectivity index (χ0v) is 10.9. The van der Waals surface area contributed by atoms with Crippen LogP contribution < -0.4 is 0 Å². The van der Waals surface area contributed by atoms with Crippen LogP contribution in [0.2, 0.25) is 0 Å². The van der Waals surface area contributed by atoms with Gasteiger partial charge in [-0.05, 0) is 11.4 Å². The van der Waals surface area contributed by atoms with E-state index in [1.165, 1.54) is 11.3 Å². The molecule has 2 aliphatic rings. The number of ether oxygens (including phenoxy) is 1. The van der Waals surface area contributed by atoms with Crippen molar-refractivity contribution in [1.29, 1.82) is 0 Å². The summed E-state index contributed by atoms with van der Waals surface area (Å²) in [6, 6.07) is 3.85. The highest BCUT2D eigenvalue weighted by Gasteiger charge is 2.41. The first kappa shape index (κ1) is 11.1.